The molecule has 0 saturated heterocycles. The zero-order chi connectivity index (χ0) is 28.6. The van der Waals surface area contributed by atoms with Crippen molar-refractivity contribution in [1.29, 1.82) is 0 Å². The van der Waals surface area contributed by atoms with E-state index < -0.39 is 0 Å². The lowest BCUT2D eigenvalue weighted by atomic mass is 9.93. The molecule has 0 fully saturated rings. The SMILES string of the molecule is c1ccc(-c2cc(-c3ccccc3)cc(-c3cccc(-c4nc5nc(-c6ccccc6)c6ccccc6n5n4)c3)c2)cc1. The Labute approximate surface area is 249 Å². The Morgan fingerprint density at radius 3 is 1.51 bits per heavy atom. The van der Waals surface area contributed by atoms with Gasteiger partial charge in [-0.05, 0) is 63.7 Å². The summed E-state index contributed by atoms with van der Waals surface area (Å²) in [4.78, 5) is 9.91. The van der Waals surface area contributed by atoms with Crippen LogP contribution in [-0.2, 0) is 0 Å². The smallest absolute Gasteiger partial charge is 0.210 e. The van der Waals surface area contributed by atoms with Crippen LogP contribution in [0.3, 0.4) is 0 Å². The first-order chi connectivity index (χ1) is 21.3. The molecule has 6 aromatic carbocycles. The lowest BCUT2D eigenvalue weighted by Crippen LogP contribution is -1.97. The van der Waals surface area contributed by atoms with E-state index in [1.165, 1.54) is 22.3 Å². The van der Waals surface area contributed by atoms with Crippen LogP contribution in [0.2, 0.25) is 0 Å². The van der Waals surface area contributed by atoms with Gasteiger partial charge in [0.25, 0.3) is 5.78 Å². The fourth-order valence-electron chi connectivity index (χ4n) is 5.72. The Morgan fingerprint density at radius 1 is 0.372 bits per heavy atom. The molecule has 2 aromatic heterocycles. The first-order valence-corrected chi connectivity index (χ1v) is 14.4. The van der Waals surface area contributed by atoms with E-state index in [9.17, 15) is 0 Å². The number of benzene rings is 6. The van der Waals surface area contributed by atoms with Crippen molar-refractivity contribution in [1.82, 2.24) is 19.6 Å². The number of nitrogens with zero attached hydrogens (tertiary/aromatic N) is 4. The fourth-order valence-corrected chi connectivity index (χ4v) is 5.72. The summed E-state index contributed by atoms with van der Waals surface area (Å²) < 4.78 is 1.85. The van der Waals surface area contributed by atoms with Crippen LogP contribution in [-0.4, -0.2) is 19.6 Å². The predicted molar refractivity (Wildman–Crippen MR) is 175 cm³/mol. The van der Waals surface area contributed by atoms with Gasteiger partial charge in [0.1, 0.15) is 0 Å². The molecular weight excluding hydrogens is 524 g/mol. The number of fused-ring (bicyclic) bond motifs is 3. The average molecular weight is 551 g/mol. The van der Waals surface area contributed by atoms with Gasteiger partial charge in [-0.25, -0.2) is 4.98 Å². The molecule has 0 aliphatic rings. The van der Waals surface area contributed by atoms with Crippen molar-refractivity contribution in [3.63, 3.8) is 0 Å². The first-order valence-electron chi connectivity index (χ1n) is 14.4. The minimum atomic E-state index is 0.579. The highest BCUT2D eigenvalue weighted by Crippen LogP contribution is 2.34. The summed E-state index contributed by atoms with van der Waals surface area (Å²) >= 11 is 0. The molecule has 0 spiro atoms. The highest BCUT2D eigenvalue weighted by atomic mass is 15.3. The molecule has 2 heterocycles. The van der Waals surface area contributed by atoms with E-state index in [1.54, 1.807) is 0 Å². The van der Waals surface area contributed by atoms with Gasteiger partial charge in [0, 0.05) is 16.5 Å². The maximum Gasteiger partial charge on any atom is 0.253 e. The van der Waals surface area contributed by atoms with Crippen molar-refractivity contribution in [2.45, 2.75) is 0 Å². The van der Waals surface area contributed by atoms with Gasteiger partial charge in [-0.2, -0.15) is 9.50 Å². The van der Waals surface area contributed by atoms with Crippen molar-refractivity contribution < 1.29 is 0 Å². The summed E-state index contributed by atoms with van der Waals surface area (Å²) in [5.41, 5.74) is 10.9. The predicted octanol–water partition coefficient (Wildman–Crippen LogP) is 9.61. The van der Waals surface area contributed by atoms with Gasteiger partial charge in [-0.1, -0.05) is 127 Å². The molecule has 0 aliphatic heterocycles. The van der Waals surface area contributed by atoms with Crippen LogP contribution in [0.5, 0.6) is 0 Å². The van der Waals surface area contributed by atoms with E-state index in [0.717, 1.165) is 38.9 Å². The van der Waals surface area contributed by atoms with Gasteiger partial charge >= 0.3 is 0 Å². The second-order valence-electron chi connectivity index (χ2n) is 10.6. The molecule has 0 saturated carbocycles. The third-order valence-electron chi connectivity index (χ3n) is 7.84. The highest BCUT2D eigenvalue weighted by molar-refractivity contribution is 5.94. The van der Waals surface area contributed by atoms with Gasteiger partial charge in [0.15, 0.2) is 5.82 Å². The molecule has 0 N–H and O–H groups in total. The van der Waals surface area contributed by atoms with Crippen molar-refractivity contribution in [2.75, 3.05) is 0 Å². The van der Waals surface area contributed by atoms with Crippen LogP contribution in [0.15, 0.2) is 158 Å². The third-order valence-corrected chi connectivity index (χ3v) is 7.84. The number of para-hydroxylation sites is 1. The van der Waals surface area contributed by atoms with E-state index in [0.29, 0.717) is 11.6 Å². The zero-order valence-corrected chi connectivity index (χ0v) is 23.3. The maximum atomic E-state index is 4.98. The Morgan fingerprint density at radius 2 is 0.860 bits per heavy atom. The minimum absolute atomic E-state index is 0.579. The van der Waals surface area contributed by atoms with E-state index >= 15 is 0 Å². The van der Waals surface area contributed by atoms with Gasteiger partial charge in [-0.15, -0.1) is 5.10 Å². The molecule has 43 heavy (non-hydrogen) atoms. The summed E-state index contributed by atoms with van der Waals surface area (Å²) in [5, 5.41) is 5.99. The van der Waals surface area contributed by atoms with Crippen molar-refractivity contribution >= 4 is 16.7 Å². The van der Waals surface area contributed by atoms with E-state index in [4.69, 9.17) is 15.1 Å². The summed E-state index contributed by atoms with van der Waals surface area (Å²) in [6, 6.07) is 54.8. The first kappa shape index (κ1) is 24.9. The lowest BCUT2D eigenvalue weighted by Gasteiger charge is -2.12. The second-order valence-corrected chi connectivity index (χ2v) is 10.6. The molecule has 8 aromatic rings. The molecule has 0 amide bonds. The summed E-state index contributed by atoms with van der Waals surface area (Å²) in [5.74, 6) is 1.22. The number of hydrogen-bond acceptors (Lipinski definition) is 3. The zero-order valence-electron chi connectivity index (χ0n) is 23.3. The molecule has 0 aliphatic carbocycles. The molecular formula is C39H26N4. The summed E-state index contributed by atoms with van der Waals surface area (Å²) in [7, 11) is 0. The van der Waals surface area contributed by atoms with Crippen LogP contribution in [0.4, 0.5) is 0 Å². The summed E-state index contributed by atoms with van der Waals surface area (Å²) in [6.45, 7) is 0. The fraction of sp³-hybridized carbons (Fsp3) is 0. The van der Waals surface area contributed by atoms with Gasteiger partial charge in [0.05, 0.1) is 11.2 Å². The van der Waals surface area contributed by atoms with Gasteiger partial charge in [0.2, 0.25) is 0 Å². The number of hydrogen-bond donors (Lipinski definition) is 0. The van der Waals surface area contributed by atoms with Gasteiger partial charge < -0.3 is 0 Å². The van der Waals surface area contributed by atoms with Crippen LogP contribution < -0.4 is 0 Å². The minimum Gasteiger partial charge on any atom is -0.210 e. The van der Waals surface area contributed by atoms with Gasteiger partial charge in [-0.3, -0.25) is 0 Å². The van der Waals surface area contributed by atoms with Crippen LogP contribution >= 0.6 is 0 Å². The monoisotopic (exact) mass is 550 g/mol. The quantitative estimate of drug-likeness (QED) is 0.214. The number of rotatable bonds is 5. The molecule has 0 atom stereocenters. The molecule has 4 heteroatoms. The van der Waals surface area contributed by atoms with Crippen molar-refractivity contribution in [3.05, 3.63) is 158 Å². The topological polar surface area (TPSA) is 43.1 Å². The highest BCUT2D eigenvalue weighted by Gasteiger charge is 2.15. The largest absolute Gasteiger partial charge is 0.253 e. The van der Waals surface area contributed by atoms with Crippen LogP contribution in [0.1, 0.15) is 0 Å². The standard InChI is InChI=1S/C39H26N4/c1-4-13-27(14-5-1)32-24-33(28-15-6-2-7-16-28)26-34(25-32)30-19-12-20-31(23-30)38-41-39-40-37(29-17-8-3-9-18-29)35-21-10-11-22-36(35)43(39)42-38/h1-26H. The molecule has 0 unspecified atom stereocenters. The molecule has 0 bridgehead atoms. The van der Waals surface area contributed by atoms with E-state index in [2.05, 4.69) is 127 Å². The molecule has 4 nitrogen and oxygen atoms in total. The maximum absolute atomic E-state index is 4.98. The van der Waals surface area contributed by atoms with Crippen molar-refractivity contribution in [2.24, 2.45) is 0 Å². The average Bonchev–Trinajstić information content (AvgIpc) is 3.54. The lowest BCUT2D eigenvalue weighted by molar-refractivity contribution is 0.989. The number of aromatic nitrogens is 4. The molecule has 8 rings (SSSR count). The normalized spacial score (nSPS) is 11.3. The third kappa shape index (κ3) is 4.65. The van der Waals surface area contributed by atoms with E-state index in [-0.39, 0.29) is 0 Å². The summed E-state index contributed by atoms with van der Waals surface area (Å²) in [6.07, 6.45) is 0. The van der Waals surface area contributed by atoms with Crippen LogP contribution in [0.25, 0.3) is 72.7 Å². The second kappa shape index (κ2) is 10.5. The Kier molecular flexibility index (Phi) is 6.08. The molecule has 0 radical (unpaired) electrons. The van der Waals surface area contributed by atoms with Crippen molar-refractivity contribution in [3.8, 4) is 56.0 Å². The molecule has 202 valence electrons. The Hall–Kier alpha value is -5.87. The van der Waals surface area contributed by atoms with Crippen LogP contribution in [0, 0.1) is 0 Å². The van der Waals surface area contributed by atoms with E-state index in [1.807, 2.05) is 34.8 Å². The Bertz CT molecular complexity index is 2160. The Balaban J connectivity index is 1.27.